The minimum atomic E-state index is -0.321. The van der Waals surface area contributed by atoms with Crippen LogP contribution in [-0.4, -0.2) is 26.8 Å². The van der Waals surface area contributed by atoms with Gasteiger partial charge in [0.2, 0.25) is 0 Å². The Morgan fingerprint density at radius 3 is 2.89 bits per heavy atom. The molecule has 0 aliphatic heterocycles. The molecule has 1 aliphatic carbocycles. The lowest BCUT2D eigenvalue weighted by atomic mass is 9.86. The van der Waals surface area contributed by atoms with E-state index in [0.717, 1.165) is 50.4 Å². The van der Waals surface area contributed by atoms with E-state index >= 15 is 0 Å². The van der Waals surface area contributed by atoms with E-state index in [9.17, 15) is 5.26 Å². The van der Waals surface area contributed by atoms with Crippen LogP contribution in [-0.2, 0) is 6.54 Å². The van der Waals surface area contributed by atoms with Gasteiger partial charge in [-0.05, 0) is 45.6 Å². The van der Waals surface area contributed by atoms with E-state index < -0.39 is 0 Å². The lowest BCUT2D eigenvalue weighted by Crippen LogP contribution is -2.47. The summed E-state index contributed by atoms with van der Waals surface area (Å²) in [6, 6.07) is 2.53. The second-order valence-corrected chi connectivity index (χ2v) is 5.42. The van der Waals surface area contributed by atoms with Crippen LogP contribution in [0.2, 0.25) is 0 Å². The van der Waals surface area contributed by atoms with Crippen LogP contribution in [0, 0.1) is 31.1 Å². The second-order valence-electron chi connectivity index (χ2n) is 5.42. The predicted octanol–water partition coefficient (Wildman–Crippen LogP) is 1.96. The molecule has 0 aromatic carbocycles. The van der Waals surface area contributed by atoms with Crippen LogP contribution >= 0.6 is 0 Å². The standard InChI is InChI=1S/C14H23N5/c1-4-16-14(10-15)8-5-6-13(14)7-9-19-12(3)17-11(2)18-19/h13,16H,4-9H2,1-3H3. The average Bonchev–Trinajstić information content (AvgIpc) is 2.91. The molecule has 0 bridgehead atoms. The quantitative estimate of drug-likeness (QED) is 0.880. The van der Waals surface area contributed by atoms with Crippen LogP contribution in [0.4, 0.5) is 0 Å². The van der Waals surface area contributed by atoms with Crippen LogP contribution in [0.15, 0.2) is 0 Å². The molecule has 1 heterocycles. The number of nitrogens with one attached hydrogen (secondary N) is 1. The Morgan fingerprint density at radius 2 is 2.32 bits per heavy atom. The summed E-state index contributed by atoms with van der Waals surface area (Å²) in [6.45, 7) is 7.67. The summed E-state index contributed by atoms with van der Waals surface area (Å²) in [7, 11) is 0. The number of hydrogen-bond acceptors (Lipinski definition) is 4. The van der Waals surface area contributed by atoms with Crippen LogP contribution in [0.3, 0.4) is 0 Å². The fourth-order valence-electron chi connectivity index (χ4n) is 3.25. The minimum absolute atomic E-state index is 0.321. The van der Waals surface area contributed by atoms with Gasteiger partial charge in [0.1, 0.15) is 17.2 Å². The number of rotatable bonds is 5. The summed E-state index contributed by atoms with van der Waals surface area (Å²) in [5.74, 6) is 2.20. The zero-order valence-electron chi connectivity index (χ0n) is 12.1. The van der Waals surface area contributed by atoms with Gasteiger partial charge in [0.25, 0.3) is 0 Å². The first-order valence-corrected chi connectivity index (χ1v) is 7.15. The molecule has 1 aliphatic rings. The van der Waals surface area contributed by atoms with Crippen molar-refractivity contribution in [1.82, 2.24) is 20.1 Å². The third-order valence-electron chi connectivity index (χ3n) is 4.16. The first kappa shape index (κ1) is 14.0. The van der Waals surface area contributed by atoms with Crippen LogP contribution < -0.4 is 5.32 Å². The van der Waals surface area contributed by atoms with Gasteiger partial charge in [0.05, 0.1) is 6.07 Å². The summed E-state index contributed by atoms with van der Waals surface area (Å²) in [4.78, 5) is 4.32. The van der Waals surface area contributed by atoms with E-state index in [0.29, 0.717) is 5.92 Å². The van der Waals surface area contributed by atoms with Crippen molar-refractivity contribution in [3.8, 4) is 6.07 Å². The third-order valence-corrected chi connectivity index (χ3v) is 4.16. The van der Waals surface area contributed by atoms with Gasteiger partial charge in [-0.25, -0.2) is 4.98 Å². The molecule has 0 saturated heterocycles. The van der Waals surface area contributed by atoms with E-state index in [1.807, 2.05) is 18.5 Å². The molecule has 0 spiro atoms. The fraction of sp³-hybridized carbons (Fsp3) is 0.786. The van der Waals surface area contributed by atoms with Crippen molar-refractivity contribution in [2.75, 3.05) is 6.54 Å². The highest BCUT2D eigenvalue weighted by atomic mass is 15.3. The highest BCUT2D eigenvalue weighted by molar-refractivity contribution is 5.13. The molecule has 1 N–H and O–H groups in total. The molecule has 2 rings (SSSR count). The SMILES string of the molecule is CCNC1(C#N)CCCC1CCn1nc(C)nc1C. The van der Waals surface area contributed by atoms with Gasteiger partial charge in [0, 0.05) is 6.54 Å². The van der Waals surface area contributed by atoms with Crippen molar-refractivity contribution in [1.29, 1.82) is 5.26 Å². The molecule has 2 atom stereocenters. The van der Waals surface area contributed by atoms with Crippen molar-refractivity contribution in [3.63, 3.8) is 0 Å². The Balaban J connectivity index is 2.02. The summed E-state index contributed by atoms with van der Waals surface area (Å²) in [6.07, 6.45) is 4.23. The van der Waals surface area contributed by atoms with E-state index in [-0.39, 0.29) is 5.54 Å². The summed E-state index contributed by atoms with van der Waals surface area (Å²) >= 11 is 0. The summed E-state index contributed by atoms with van der Waals surface area (Å²) in [5.41, 5.74) is -0.321. The first-order valence-electron chi connectivity index (χ1n) is 7.15. The Kier molecular flexibility index (Phi) is 4.20. The molecule has 1 aromatic heterocycles. The Labute approximate surface area is 115 Å². The van der Waals surface area contributed by atoms with Crippen molar-refractivity contribution >= 4 is 0 Å². The molecule has 2 unspecified atom stereocenters. The zero-order chi connectivity index (χ0) is 13.9. The maximum atomic E-state index is 9.53. The summed E-state index contributed by atoms with van der Waals surface area (Å²) < 4.78 is 1.96. The number of hydrogen-bond donors (Lipinski definition) is 1. The normalized spacial score (nSPS) is 26.5. The fourth-order valence-corrected chi connectivity index (χ4v) is 3.25. The number of aromatic nitrogens is 3. The van der Waals surface area contributed by atoms with Crippen molar-refractivity contribution in [2.24, 2.45) is 5.92 Å². The average molecular weight is 261 g/mol. The highest BCUT2D eigenvalue weighted by Gasteiger charge is 2.42. The molecule has 1 saturated carbocycles. The smallest absolute Gasteiger partial charge is 0.147 e. The van der Waals surface area contributed by atoms with E-state index in [1.165, 1.54) is 0 Å². The number of aryl methyl sites for hydroxylation is 3. The molecule has 104 valence electrons. The molecule has 0 amide bonds. The van der Waals surface area contributed by atoms with Crippen molar-refractivity contribution in [3.05, 3.63) is 11.6 Å². The molecular weight excluding hydrogens is 238 g/mol. The Hall–Kier alpha value is -1.41. The summed E-state index contributed by atoms with van der Waals surface area (Å²) in [5, 5.41) is 17.3. The molecule has 5 heteroatoms. The maximum absolute atomic E-state index is 9.53. The molecule has 19 heavy (non-hydrogen) atoms. The van der Waals surface area contributed by atoms with Crippen LogP contribution in [0.25, 0.3) is 0 Å². The topological polar surface area (TPSA) is 66.5 Å². The number of nitrogens with zero attached hydrogens (tertiary/aromatic N) is 4. The highest BCUT2D eigenvalue weighted by Crippen LogP contribution is 2.37. The largest absolute Gasteiger partial charge is 0.299 e. The van der Waals surface area contributed by atoms with E-state index in [1.54, 1.807) is 0 Å². The lowest BCUT2D eigenvalue weighted by Gasteiger charge is -2.29. The molecule has 1 fully saturated rings. The Morgan fingerprint density at radius 1 is 1.53 bits per heavy atom. The monoisotopic (exact) mass is 261 g/mol. The van der Waals surface area contributed by atoms with Gasteiger partial charge in [0.15, 0.2) is 0 Å². The van der Waals surface area contributed by atoms with Crippen LogP contribution in [0.5, 0.6) is 0 Å². The predicted molar refractivity (Wildman–Crippen MR) is 73.5 cm³/mol. The third kappa shape index (κ3) is 2.79. The zero-order valence-corrected chi connectivity index (χ0v) is 12.1. The van der Waals surface area contributed by atoms with Gasteiger partial charge in [-0.3, -0.25) is 10.00 Å². The molecular formula is C14H23N5. The van der Waals surface area contributed by atoms with Crippen molar-refractivity contribution in [2.45, 2.75) is 58.5 Å². The van der Waals surface area contributed by atoms with Gasteiger partial charge in [-0.15, -0.1) is 0 Å². The van der Waals surface area contributed by atoms with Gasteiger partial charge in [-0.2, -0.15) is 10.4 Å². The van der Waals surface area contributed by atoms with Crippen LogP contribution in [0.1, 0.15) is 44.3 Å². The molecule has 0 radical (unpaired) electrons. The molecule has 1 aromatic rings. The van der Waals surface area contributed by atoms with E-state index in [2.05, 4.69) is 28.4 Å². The van der Waals surface area contributed by atoms with Crippen molar-refractivity contribution < 1.29 is 0 Å². The minimum Gasteiger partial charge on any atom is -0.299 e. The Bertz CT molecular complexity index is 473. The second kappa shape index (κ2) is 5.70. The number of nitriles is 1. The van der Waals surface area contributed by atoms with Gasteiger partial charge in [-0.1, -0.05) is 13.3 Å². The van der Waals surface area contributed by atoms with Gasteiger partial charge >= 0.3 is 0 Å². The lowest BCUT2D eigenvalue weighted by molar-refractivity contribution is 0.290. The first-order chi connectivity index (χ1) is 9.11. The maximum Gasteiger partial charge on any atom is 0.147 e. The van der Waals surface area contributed by atoms with E-state index in [4.69, 9.17) is 0 Å². The molecule has 5 nitrogen and oxygen atoms in total. The van der Waals surface area contributed by atoms with Gasteiger partial charge < -0.3 is 0 Å².